The van der Waals surface area contributed by atoms with Gasteiger partial charge in [0.15, 0.2) is 5.11 Å². The number of rotatable bonds is 4. The van der Waals surface area contributed by atoms with E-state index in [1.165, 1.54) is 16.8 Å². The first-order chi connectivity index (χ1) is 15.1. The van der Waals surface area contributed by atoms with Crippen LogP contribution >= 0.6 is 12.2 Å². The van der Waals surface area contributed by atoms with Crippen molar-refractivity contribution < 1.29 is 0 Å². The Morgan fingerprint density at radius 2 is 1.65 bits per heavy atom. The predicted octanol–water partition coefficient (Wildman–Crippen LogP) is 5.67. The third-order valence-electron chi connectivity index (χ3n) is 5.87. The summed E-state index contributed by atoms with van der Waals surface area (Å²) in [5.74, 6) is 0. The Bertz CT molecular complexity index is 1210. The van der Waals surface area contributed by atoms with E-state index in [1.807, 2.05) is 18.3 Å². The van der Waals surface area contributed by atoms with Gasteiger partial charge in [-0.25, -0.2) is 0 Å². The van der Waals surface area contributed by atoms with Gasteiger partial charge in [-0.3, -0.25) is 4.98 Å². The topological polar surface area (TPSA) is 33.1 Å². The van der Waals surface area contributed by atoms with Gasteiger partial charge in [0.25, 0.3) is 0 Å². The zero-order chi connectivity index (χ0) is 21.4. The number of nitrogens with zero attached hydrogens (tertiary/aromatic N) is 3. The lowest BCUT2D eigenvalue weighted by atomic mass is 10.0. The molecule has 5 rings (SSSR count). The van der Waals surface area contributed by atoms with E-state index in [2.05, 4.69) is 107 Å². The summed E-state index contributed by atoms with van der Waals surface area (Å²) >= 11 is 5.85. The molecule has 0 spiro atoms. The van der Waals surface area contributed by atoms with E-state index in [0.717, 1.165) is 17.1 Å². The highest BCUT2D eigenvalue weighted by atomic mass is 32.1. The highest BCUT2D eigenvalue weighted by Crippen LogP contribution is 2.42. The van der Waals surface area contributed by atoms with E-state index in [1.54, 1.807) is 0 Å². The lowest BCUT2D eigenvalue weighted by Gasteiger charge is -2.29. The van der Waals surface area contributed by atoms with E-state index in [0.29, 0.717) is 5.11 Å². The summed E-state index contributed by atoms with van der Waals surface area (Å²) in [6, 6.07) is 27.2. The molecule has 2 aromatic heterocycles. The molecule has 2 atom stereocenters. The fourth-order valence-corrected chi connectivity index (χ4v) is 4.67. The second-order valence-corrected chi connectivity index (χ2v) is 8.31. The van der Waals surface area contributed by atoms with Crippen molar-refractivity contribution in [3.63, 3.8) is 0 Å². The lowest BCUT2D eigenvalue weighted by molar-refractivity contribution is 0.549. The van der Waals surface area contributed by atoms with Crippen LogP contribution in [0.1, 0.15) is 34.6 Å². The smallest absolute Gasteiger partial charge is 0.174 e. The lowest BCUT2D eigenvalue weighted by Crippen LogP contribution is -2.30. The van der Waals surface area contributed by atoms with Crippen molar-refractivity contribution in [3.05, 3.63) is 114 Å². The van der Waals surface area contributed by atoms with Gasteiger partial charge in [-0.05, 0) is 74.1 Å². The summed E-state index contributed by atoms with van der Waals surface area (Å²) in [6.45, 7) is 4.24. The van der Waals surface area contributed by atoms with Crippen LogP contribution in [0.3, 0.4) is 0 Å². The number of pyridine rings is 1. The molecule has 4 nitrogen and oxygen atoms in total. The van der Waals surface area contributed by atoms with Crippen LogP contribution in [0.5, 0.6) is 0 Å². The zero-order valence-electron chi connectivity index (χ0n) is 17.6. The van der Waals surface area contributed by atoms with Gasteiger partial charge in [0.2, 0.25) is 0 Å². The first-order valence-corrected chi connectivity index (χ1v) is 10.8. The van der Waals surface area contributed by atoms with Crippen LogP contribution < -0.4 is 10.2 Å². The van der Waals surface area contributed by atoms with Crippen molar-refractivity contribution in [1.82, 2.24) is 14.9 Å². The molecule has 31 heavy (non-hydrogen) atoms. The van der Waals surface area contributed by atoms with Crippen LogP contribution in [0.25, 0.3) is 5.69 Å². The van der Waals surface area contributed by atoms with E-state index in [4.69, 9.17) is 12.2 Å². The maximum Gasteiger partial charge on any atom is 0.174 e. The van der Waals surface area contributed by atoms with Crippen molar-refractivity contribution in [2.45, 2.75) is 25.9 Å². The molecule has 0 amide bonds. The number of aromatic nitrogens is 2. The van der Waals surface area contributed by atoms with E-state index >= 15 is 0 Å². The maximum atomic E-state index is 5.85. The van der Waals surface area contributed by atoms with Gasteiger partial charge >= 0.3 is 0 Å². The Morgan fingerprint density at radius 1 is 0.871 bits per heavy atom. The zero-order valence-corrected chi connectivity index (χ0v) is 18.4. The molecular formula is C26H24N4S. The summed E-state index contributed by atoms with van der Waals surface area (Å²) in [7, 11) is 0. The molecule has 154 valence electrons. The van der Waals surface area contributed by atoms with Gasteiger partial charge < -0.3 is 14.8 Å². The van der Waals surface area contributed by atoms with Crippen LogP contribution in [0.2, 0.25) is 0 Å². The molecule has 1 N–H and O–H groups in total. The Hall–Kier alpha value is -3.44. The molecule has 4 aromatic rings. The van der Waals surface area contributed by atoms with Gasteiger partial charge in [0.1, 0.15) is 6.04 Å². The molecule has 1 aliphatic heterocycles. The SMILES string of the molecule is Cc1ccc(N2C(=S)N[C@H](c3ccccn3)[C@H]2c2cccn2-c2ccccc2C)cc1. The molecule has 0 saturated carbocycles. The fraction of sp³-hybridized carbons (Fsp3) is 0.154. The molecule has 1 aliphatic rings. The molecule has 0 radical (unpaired) electrons. The summed E-state index contributed by atoms with van der Waals surface area (Å²) in [5.41, 5.74) is 6.83. The third kappa shape index (κ3) is 3.51. The largest absolute Gasteiger partial charge is 0.351 e. The number of benzene rings is 2. The number of aryl methyl sites for hydroxylation is 2. The highest BCUT2D eigenvalue weighted by Gasteiger charge is 2.42. The minimum absolute atomic E-state index is 0.0419. The number of nitrogens with one attached hydrogen (secondary N) is 1. The standard InChI is InChI=1S/C26H24N4S/c1-18-12-14-20(15-13-18)30-25(24(28-26(30)31)21-9-5-6-16-27-21)23-11-7-17-29(23)22-10-4-3-8-19(22)2/h3-17,24-25H,1-2H3,(H,28,31)/t24-,25-/m1/s1. The van der Waals surface area contributed by atoms with Crippen LogP contribution in [0.15, 0.2) is 91.3 Å². The Kier molecular flexibility index (Phi) is 5.04. The maximum absolute atomic E-state index is 5.85. The highest BCUT2D eigenvalue weighted by molar-refractivity contribution is 7.80. The van der Waals surface area contributed by atoms with Crippen molar-refractivity contribution >= 4 is 23.0 Å². The average Bonchev–Trinajstić information content (AvgIpc) is 3.39. The quantitative estimate of drug-likeness (QED) is 0.428. The van der Waals surface area contributed by atoms with Gasteiger partial charge in [0.05, 0.1) is 11.7 Å². The normalized spacial score (nSPS) is 18.3. The summed E-state index contributed by atoms with van der Waals surface area (Å²) < 4.78 is 2.27. The van der Waals surface area contributed by atoms with Crippen molar-refractivity contribution in [2.24, 2.45) is 0 Å². The van der Waals surface area contributed by atoms with Crippen molar-refractivity contribution in [1.29, 1.82) is 0 Å². The number of thiocarbonyl (C=S) groups is 1. The number of para-hydroxylation sites is 1. The minimum atomic E-state index is -0.0623. The molecule has 1 saturated heterocycles. The molecule has 1 fully saturated rings. The Balaban J connectivity index is 1.68. The van der Waals surface area contributed by atoms with E-state index in [9.17, 15) is 0 Å². The van der Waals surface area contributed by atoms with Crippen LogP contribution in [-0.2, 0) is 0 Å². The summed E-state index contributed by atoms with van der Waals surface area (Å²) in [5, 5.41) is 4.26. The second kappa shape index (κ2) is 8.00. The van der Waals surface area contributed by atoms with Crippen molar-refractivity contribution in [2.75, 3.05) is 4.90 Å². The fourth-order valence-electron chi connectivity index (χ4n) is 4.33. The monoisotopic (exact) mass is 424 g/mol. The molecule has 0 unspecified atom stereocenters. The second-order valence-electron chi connectivity index (χ2n) is 7.92. The molecule has 3 heterocycles. The van der Waals surface area contributed by atoms with Crippen LogP contribution in [0.4, 0.5) is 5.69 Å². The minimum Gasteiger partial charge on any atom is -0.351 e. The molecule has 0 aliphatic carbocycles. The first-order valence-electron chi connectivity index (χ1n) is 10.4. The van der Waals surface area contributed by atoms with Crippen molar-refractivity contribution in [3.8, 4) is 5.69 Å². The number of hydrogen-bond donors (Lipinski definition) is 1. The predicted molar refractivity (Wildman–Crippen MR) is 130 cm³/mol. The van der Waals surface area contributed by atoms with Gasteiger partial charge in [-0.15, -0.1) is 0 Å². The molecule has 2 aromatic carbocycles. The first kappa shape index (κ1) is 19.5. The van der Waals surface area contributed by atoms with Gasteiger partial charge in [0, 0.05) is 29.5 Å². The Morgan fingerprint density at radius 3 is 2.39 bits per heavy atom. The molecule has 5 heteroatoms. The van der Waals surface area contributed by atoms with Gasteiger partial charge in [-0.2, -0.15) is 0 Å². The summed E-state index contributed by atoms with van der Waals surface area (Å²) in [4.78, 5) is 6.88. The van der Waals surface area contributed by atoms with Gasteiger partial charge in [-0.1, -0.05) is 42.0 Å². The van der Waals surface area contributed by atoms with E-state index < -0.39 is 0 Å². The summed E-state index contributed by atoms with van der Waals surface area (Å²) in [6.07, 6.45) is 3.97. The Labute approximate surface area is 188 Å². The van der Waals surface area contributed by atoms with Crippen LogP contribution in [-0.4, -0.2) is 14.7 Å². The van der Waals surface area contributed by atoms with Crippen LogP contribution in [0, 0.1) is 13.8 Å². The number of hydrogen-bond acceptors (Lipinski definition) is 2. The average molecular weight is 425 g/mol. The third-order valence-corrected chi connectivity index (χ3v) is 6.18. The molecular weight excluding hydrogens is 400 g/mol. The van der Waals surface area contributed by atoms with E-state index in [-0.39, 0.29) is 12.1 Å². The molecule has 0 bridgehead atoms. The number of anilines is 1.